The molecule has 1 fully saturated rings. The minimum Gasteiger partial charge on any atom is -0.493 e. The SMILES string of the molecule is O=C1C2N=CN3C(=NCc4c(F)ccc5c4CCO5)NC=C(c4cnc(C(F)(F)F)cc4CN1CC1CCOCC1)C23. The van der Waals surface area contributed by atoms with Gasteiger partial charge >= 0.3 is 6.18 Å². The maximum Gasteiger partial charge on any atom is 0.433 e. The number of nitrogens with zero attached hydrogens (tertiary/aromatic N) is 5. The second kappa shape index (κ2) is 10.4. The molecule has 1 amide bonds. The monoisotopic (exact) mass is 584 g/mol. The lowest BCUT2D eigenvalue weighted by Gasteiger charge is -2.39. The first-order valence-corrected chi connectivity index (χ1v) is 14.0. The van der Waals surface area contributed by atoms with E-state index in [9.17, 15) is 22.4 Å². The standard InChI is InChI=1S/C29H28F4N6O3/c30-22-1-2-23-18(5-8-42-23)20(22)11-35-28-36-12-21-19-10-34-24(29(31,32)33)9-17(19)14-38(13-16-3-6-41-7-4-16)27(40)25-26(21)39(28)15-37-25/h1-2,9-10,12,15-16,25-26H,3-8,11,13-14H2,(H,35,36). The molecule has 1 saturated heterocycles. The molecule has 7 rings (SSSR count). The van der Waals surface area contributed by atoms with E-state index in [1.54, 1.807) is 22.1 Å². The Kier molecular flexibility index (Phi) is 6.63. The van der Waals surface area contributed by atoms with Crippen molar-refractivity contribution in [1.82, 2.24) is 20.1 Å². The molecule has 13 heteroatoms. The van der Waals surface area contributed by atoms with Crippen LogP contribution in [0.3, 0.4) is 0 Å². The van der Waals surface area contributed by atoms with E-state index in [0.29, 0.717) is 66.8 Å². The zero-order chi connectivity index (χ0) is 29.0. The van der Waals surface area contributed by atoms with Gasteiger partial charge in [-0.25, -0.2) is 9.38 Å². The molecule has 0 bridgehead atoms. The highest BCUT2D eigenvalue weighted by Gasteiger charge is 2.47. The quantitative estimate of drug-likeness (QED) is 0.554. The van der Waals surface area contributed by atoms with Crippen LogP contribution in [0.25, 0.3) is 5.57 Å². The number of carbonyl (C=O) groups is 1. The van der Waals surface area contributed by atoms with Gasteiger partial charge in [-0.1, -0.05) is 0 Å². The molecule has 5 aliphatic heterocycles. The average molecular weight is 585 g/mol. The summed E-state index contributed by atoms with van der Waals surface area (Å²) in [5.74, 6) is 0.525. The summed E-state index contributed by atoms with van der Waals surface area (Å²) in [7, 11) is 0. The third-order valence-corrected chi connectivity index (χ3v) is 8.53. The van der Waals surface area contributed by atoms with E-state index in [1.807, 2.05) is 0 Å². The molecule has 42 heavy (non-hydrogen) atoms. The summed E-state index contributed by atoms with van der Waals surface area (Å²) >= 11 is 0. The number of nitrogens with one attached hydrogen (secondary N) is 1. The minimum atomic E-state index is -4.63. The summed E-state index contributed by atoms with van der Waals surface area (Å²) in [6.07, 6.45) is 1.88. The number of hydrogen-bond donors (Lipinski definition) is 1. The van der Waals surface area contributed by atoms with Gasteiger partial charge in [-0.05, 0) is 42.5 Å². The molecular formula is C29H28F4N6O3. The molecule has 0 saturated carbocycles. The number of alkyl halides is 3. The maximum atomic E-state index is 14.8. The van der Waals surface area contributed by atoms with Gasteiger partial charge < -0.3 is 19.7 Å². The molecule has 9 nitrogen and oxygen atoms in total. The van der Waals surface area contributed by atoms with Crippen molar-refractivity contribution in [2.45, 2.75) is 50.6 Å². The zero-order valence-corrected chi connectivity index (χ0v) is 22.5. The van der Waals surface area contributed by atoms with E-state index in [4.69, 9.17) is 9.47 Å². The van der Waals surface area contributed by atoms with Crippen LogP contribution < -0.4 is 10.1 Å². The van der Waals surface area contributed by atoms with E-state index >= 15 is 0 Å². The Morgan fingerprint density at radius 1 is 1.17 bits per heavy atom. The van der Waals surface area contributed by atoms with Gasteiger partial charge in [-0.15, -0.1) is 0 Å². The zero-order valence-electron chi connectivity index (χ0n) is 22.5. The lowest BCUT2D eigenvalue weighted by atomic mass is 9.87. The van der Waals surface area contributed by atoms with Gasteiger partial charge in [0.25, 0.3) is 0 Å². The third kappa shape index (κ3) is 4.69. The molecule has 220 valence electrons. The van der Waals surface area contributed by atoms with Crippen molar-refractivity contribution in [3.8, 4) is 5.75 Å². The number of pyridine rings is 1. The second-order valence-corrected chi connectivity index (χ2v) is 11.0. The number of hydrogen-bond acceptors (Lipinski definition) is 6. The van der Waals surface area contributed by atoms with Gasteiger partial charge in [0.1, 0.15) is 17.3 Å². The second-order valence-electron chi connectivity index (χ2n) is 11.0. The van der Waals surface area contributed by atoms with E-state index in [1.165, 1.54) is 18.6 Å². The summed E-state index contributed by atoms with van der Waals surface area (Å²) < 4.78 is 66.9. The molecule has 1 aromatic heterocycles. The smallest absolute Gasteiger partial charge is 0.433 e. The minimum absolute atomic E-state index is 0.00855. The predicted octanol–water partition coefficient (Wildman–Crippen LogP) is 3.52. The summed E-state index contributed by atoms with van der Waals surface area (Å²) in [5, 5.41) is 3.11. The third-order valence-electron chi connectivity index (χ3n) is 8.53. The van der Waals surface area contributed by atoms with E-state index in [-0.39, 0.29) is 30.7 Å². The number of benzene rings is 1. The maximum absolute atomic E-state index is 14.8. The molecule has 2 atom stereocenters. The number of carbonyl (C=O) groups excluding carboxylic acids is 1. The molecule has 1 aromatic carbocycles. The van der Waals surface area contributed by atoms with Crippen LogP contribution in [-0.4, -0.2) is 71.4 Å². The van der Waals surface area contributed by atoms with Crippen molar-refractivity contribution in [3.63, 3.8) is 0 Å². The summed E-state index contributed by atoms with van der Waals surface area (Å²) in [4.78, 5) is 30.3. The molecule has 1 N–H and O–H groups in total. The van der Waals surface area contributed by atoms with Crippen molar-refractivity contribution in [2.24, 2.45) is 15.9 Å². The Balaban J connectivity index is 1.26. The van der Waals surface area contributed by atoms with Gasteiger partial charge in [-0.2, -0.15) is 13.2 Å². The summed E-state index contributed by atoms with van der Waals surface area (Å²) in [6.45, 7) is 2.07. The van der Waals surface area contributed by atoms with Gasteiger partial charge in [0.2, 0.25) is 11.9 Å². The largest absolute Gasteiger partial charge is 0.493 e. The molecule has 0 spiro atoms. The van der Waals surface area contributed by atoms with Crippen molar-refractivity contribution in [1.29, 1.82) is 0 Å². The highest BCUT2D eigenvalue weighted by molar-refractivity contribution is 6.03. The van der Waals surface area contributed by atoms with E-state index in [2.05, 4.69) is 20.3 Å². The Morgan fingerprint density at radius 2 is 2.00 bits per heavy atom. The number of ether oxygens (including phenoxy) is 2. The number of fused-ring (bicyclic) bond motifs is 3. The first-order chi connectivity index (χ1) is 20.3. The van der Waals surface area contributed by atoms with Crippen LogP contribution in [0.4, 0.5) is 17.6 Å². The fraction of sp³-hybridized carbons (Fsp3) is 0.448. The summed E-state index contributed by atoms with van der Waals surface area (Å²) in [6, 6.07) is 2.53. The van der Waals surface area contributed by atoms with Crippen molar-refractivity contribution < 1.29 is 31.8 Å². The topological polar surface area (TPSA) is 91.7 Å². The number of rotatable bonds is 4. The van der Waals surface area contributed by atoms with Crippen LogP contribution in [0, 0.1) is 11.7 Å². The van der Waals surface area contributed by atoms with Crippen LogP contribution in [0.5, 0.6) is 5.75 Å². The van der Waals surface area contributed by atoms with Crippen LogP contribution >= 0.6 is 0 Å². The highest BCUT2D eigenvalue weighted by atomic mass is 19.4. The molecule has 0 radical (unpaired) electrons. The molecular weight excluding hydrogens is 556 g/mol. The van der Waals surface area contributed by atoms with Crippen molar-refractivity contribution in [3.05, 3.63) is 64.4 Å². The predicted molar refractivity (Wildman–Crippen MR) is 144 cm³/mol. The highest BCUT2D eigenvalue weighted by Crippen LogP contribution is 2.39. The van der Waals surface area contributed by atoms with Gasteiger partial charge in [-0.3, -0.25) is 19.7 Å². The molecule has 5 aliphatic rings. The fourth-order valence-corrected chi connectivity index (χ4v) is 6.37. The number of amides is 1. The van der Waals surface area contributed by atoms with Crippen molar-refractivity contribution >= 4 is 23.8 Å². The van der Waals surface area contributed by atoms with Gasteiger partial charge in [0.15, 0.2) is 6.04 Å². The Morgan fingerprint density at radius 3 is 2.81 bits per heavy atom. The van der Waals surface area contributed by atoms with E-state index in [0.717, 1.165) is 24.5 Å². The number of guanidine groups is 1. The number of halogens is 4. The lowest BCUT2D eigenvalue weighted by molar-refractivity contribution is -0.141. The lowest BCUT2D eigenvalue weighted by Crippen LogP contribution is -2.55. The van der Waals surface area contributed by atoms with Crippen LogP contribution in [0.1, 0.15) is 40.8 Å². The van der Waals surface area contributed by atoms with Crippen molar-refractivity contribution in [2.75, 3.05) is 26.4 Å². The van der Waals surface area contributed by atoms with Crippen LogP contribution in [0.2, 0.25) is 0 Å². The summed E-state index contributed by atoms with van der Waals surface area (Å²) in [5.41, 5.74) is 1.67. The first kappa shape index (κ1) is 26.9. The molecule has 2 unspecified atom stereocenters. The Labute approximate surface area is 238 Å². The van der Waals surface area contributed by atoms with Crippen LogP contribution in [0.15, 0.2) is 40.6 Å². The molecule has 0 aliphatic carbocycles. The molecule has 6 heterocycles. The van der Waals surface area contributed by atoms with Crippen LogP contribution in [-0.2, 0) is 35.2 Å². The first-order valence-electron chi connectivity index (χ1n) is 14.0. The Hall–Kier alpha value is -4.00. The molecule has 2 aromatic rings. The number of aliphatic imine (C=N–C) groups is 2. The normalized spacial score (nSPS) is 24.4. The Bertz CT molecular complexity index is 1520. The van der Waals surface area contributed by atoms with Gasteiger partial charge in [0, 0.05) is 67.4 Å². The van der Waals surface area contributed by atoms with E-state index < -0.39 is 24.0 Å². The number of aromatic nitrogens is 1. The average Bonchev–Trinajstić information content (AvgIpc) is 3.64. The van der Waals surface area contributed by atoms with Gasteiger partial charge in [0.05, 0.1) is 25.5 Å². The fourth-order valence-electron chi connectivity index (χ4n) is 6.37.